The van der Waals surface area contributed by atoms with E-state index in [-0.39, 0.29) is 22.6 Å². The van der Waals surface area contributed by atoms with Gasteiger partial charge in [-0.25, -0.2) is 18.6 Å². The Bertz CT molecular complexity index is 1020. The number of aromatic carboxylic acids is 1. The van der Waals surface area contributed by atoms with E-state index in [2.05, 4.69) is 4.98 Å². The van der Waals surface area contributed by atoms with Crippen LogP contribution in [0.15, 0.2) is 29.2 Å². The molecule has 3 rings (SSSR count). The molecule has 5 nitrogen and oxygen atoms in total. The van der Waals surface area contributed by atoms with Crippen molar-refractivity contribution in [3.05, 3.63) is 51.0 Å². The molecule has 3 aromatic rings. The molecule has 0 aliphatic carbocycles. The lowest BCUT2D eigenvalue weighted by atomic mass is 10.1. The van der Waals surface area contributed by atoms with Crippen molar-refractivity contribution in [2.75, 3.05) is 6.67 Å². The van der Waals surface area contributed by atoms with Gasteiger partial charge in [0.1, 0.15) is 23.7 Å². The summed E-state index contributed by atoms with van der Waals surface area (Å²) in [6, 6.07) is 3.73. The van der Waals surface area contributed by atoms with Crippen molar-refractivity contribution in [1.82, 2.24) is 9.55 Å². The average Bonchev–Trinajstić information content (AvgIpc) is 2.50. The van der Waals surface area contributed by atoms with E-state index in [0.29, 0.717) is 10.9 Å². The number of pyridine rings is 2. The third kappa shape index (κ3) is 2.53. The van der Waals surface area contributed by atoms with E-state index in [0.717, 1.165) is 12.3 Å². The zero-order chi connectivity index (χ0) is 16.7. The normalized spacial score (nSPS) is 11.3. The van der Waals surface area contributed by atoms with Gasteiger partial charge in [0, 0.05) is 11.6 Å². The van der Waals surface area contributed by atoms with Crippen molar-refractivity contribution >= 4 is 39.5 Å². The maximum atomic E-state index is 13.6. The van der Waals surface area contributed by atoms with Crippen LogP contribution in [0.4, 0.5) is 8.78 Å². The van der Waals surface area contributed by atoms with E-state index in [4.69, 9.17) is 16.7 Å². The SMILES string of the molecule is O=C(O)c1cn(CCF)c2nc3cc(Cl)c(F)cc3cc2c1=O. The summed E-state index contributed by atoms with van der Waals surface area (Å²) in [7, 11) is 0. The van der Waals surface area contributed by atoms with Gasteiger partial charge >= 0.3 is 5.97 Å². The first-order chi connectivity index (χ1) is 10.9. The molecule has 2 heterocycles. The van der Waals surface area contributed by atoms with Gasteiger partial charge < -0.3 is 9.67 Å². The third-order valence-electron chi connectivity index (χ3n) is 3.44. The minimum atomic E-state index is -1.42. The van der Waals surface area contributed by atoms with Gasteiger partial charge in [0.2, 0.25) is 5.43 Å². The Hall–Kier alpha value is -2.54. The molecule has 0 aliphatic heterocycles. The number of aryl methyl sites for hydroxylation is 1. The Morgan fingerprint density at radius 1 is 1.35 bits per heavy atom. The van der Waals surface area contributed by atoms with Crippen LogP contribution < -0.4 is 5.43 Å². The second-order valence-corrected chi connectivity index (χ2v) is 5.29. The van der Waals surface area contributed by atoms with Crippen molar-refractivity contribution in [3.8, 4) is 0 Å². The molecule has 0 aliphatic rings. The summed E-state index contributed by atoms with van der Waals surface area (Å²) in [5.74, 6) is -2.11. The minimum absolute atomic E-state index is 0.0208. The van der Waals surface area contributed by atoms with Gasteiger partial charge in [-0.2, -0.15) is 0 Å². The molecule has 0 spiro atoms. The van der Waals surface area contributed by atoms with Crippen molar-refractivity contribution < 1.29 is 18.7 Å². The van der Waals surface area contributed by atoms with Gasteiger partial charge in [-0.1, -0.05) is 11.6 Å². The second-order valence-electron chi connectivity index (χ2n) is 4.88. The van der Waals surface area contributed by atoms with Crippen LogP contribution in [0.3, 0.4) is 0 Å². The number of hydrogen-bond donors (Lipinski definition) is 1. The lowest BCUT2D eigenvalue weighted by molar-refractivity contribution is 0.0694. The van der Waals surface area contributed by atoms with Crippen LogP contribution in [-0.4, -0.2) is 27.3 Å². The van der Waals surface area contributed by atoms with E-state index in [1.54, 1.807) is 0 Å². The zero-order valence-electron chi connectivity index (χ0n) is 11.5. The number of hydrogen-bond acceptors (Lipinski definition) is 3. The molecule has 118 valence electrons. The summed E-state index contributed by atoms with van der Waals surface area (Å²) in [6.07, 6.45) is 1.05. The predicted octanol–water partition coefficient (Wildman–Crippen LogP) is 3.01. The minimum Gasteiger partial charge on any atom is -0.477 e. The highest BCUT2D eigenvalue weighted by molar-refractivity contribution is 6.31. The Kier molecular flexibility index (Phi) is 3.73. The third-order valence-corrected chi connectivity index (χ3v) is 3.73. The van der Waals surface area contributed by atoms with Gasteiger partial charge in [0.15, 0.2) is 0 Å². The number of benzene rings is 1. The summed E-state index contributed by atoms with van der Waals surface area (Å²) in [6.45, 7) is -0.925. The first-order valence-electron chi connectivity index (χ1n) is 6.54. The van der Waals surface area contributed by atoms with Crippen LogP contribution in [0.5, 0.6) is 0 Å². The Balaban J connectivity index is 2.48. The van der Waals surface area contributed by atoms with Crippen LogP contribution in [0.2, 0.25) is 5.02 Å². The van der Waals surface area contributed by atoms with Gasteiger partial charge in [-0.15, -0.1) is 0 Å². The molecular formula is C15H9ClF2N2O3. The molecule has 0 fully saturated rings. The van der Waals surface area contributed by atoms with Crippen LogP contribution >= 0.6 is 11.6 Å². The summed E-state index contributed by atoms with van der Waals surface area (Å²) < 4.78 is 27.5. The maximum Gasteiger partial charge on any atom is 0.341 e. The van der Waals surface area contributed by atoms with Crippen molar-refractivity contribution in [2.24, 2.45) is 0 Å². The highest BCUT2D eigenvalue weighted by Gasteiger charge is 2.16. The van der Waals surface area contributed by atoms with Gasteiger partial charge in [-0.3, -0.25) is 4.79 Å². The highest BCUT2D eigenvalue weighted by atomic mass is 35.5. The number of fused-ring (bicyclic) bond motifs is 2. The van der Waals surface area contributed by atoms with E-state index >= 15 is 0 Å². The Morgan fingerprint density at radius 2 is 2.09 bits per heavy atom. The number of carbonyl (C=O) groups is 1. The molecule has 0 bridgehead atoms. The first kappa shape index (κ1) is 15.4. The number of carboxylic acids is 1. The standard InChI is InChI=1S/C15H9ClF2N2O3/c16-10-5-12-7(4-11(10)18)3-8-13(21)9(15(22)23)6-20(2-1-17)14(8)19-12/h3-6H,1-2H2,(H,22,23). The lowest BCUT2D eigenvalue weighted by Gasteiger charge is -2.11. The topological polar surface area (TPSA) is 72.2 Å². The molecule has 1 N–H and O–H groups in total. The maximum absolute atomic E-state index is 13.6. The Labute approximate surface area is 132 Å². The summed E-state index contributed by atoms with van der Waals surface area (Å²) in [4.78, 5) is 27.7. The number of nitrogens with zero attached hydrogens (tertiary/aromatic N) is 2. The number of alkyl halides is 1. The first-order valence-corrected chi connectivity index (χ1v) is 6.92. The smallest absolute Gasteiger partial charge is 0.341 e. The number of rotatable bonds is 3. The molecule has 0 radical (unpaired) electrons. The van der Waals surface area contributed by atoms with E-state index in [1.165, 1.54) is 16.7 Å². The molecule has 2 aromatic heterocycles. The van der Waals surface area contributed by atoms with Crippen molar-refractivity contribution in [2.45, 2.75) is 6.54 Å². The van der Waals surface area contributed by atoms with Gasteiger partial charge in [0.25, 0.3) is 0 Å². The zero-order valence-corrected chi connectivity index (χ0v) is 12.3. The largest absolute Gasteiger partial charge is 0.477 e. The fraction of sp³-hybridized carbons (Fsp3) is 0.133. The molecular weight excluding hydrogens is 330 g/mol. The lowest BCUT2D eigenvalue weighted by Crippen LogP contribution is -2.20. The molecule has 0 saturated heterocycles. The summed E-state index contributed by atoms with van der Waals surface area (Å²) in [5.41, 5.74) is -0.819. The quantitative estimate of drug-likeness (QED) is 0.745. The second kappa shape index (κ2) is 5.58. The molecule has 0 atom stereocenters. The molecule has 8 heteroatoms. The molecule has 0 unspecified atom stereocenters. The predicted molar refractivity (Wildman–Crippen MR) is 81.4 cm³/mol. The van der Waals surface area contributed by atoms with Crippen LogP contribution in [0, 0.1) is 5.82 Å². The fourth-order valence-electron chi connectivity index (χ4n) is 2.38. The van der Waals surface area contributed by atoms with Crippen LogP contribution in [-0.2, 0) is 6.54 Å². The van der Waals surface area contributed by atoms with E-state index in [9.17, 15) is 18.4 Å². The molecule has 0 amide bonds. The number of carboxylic acid groups (broad SMARTS) is 1. The summed E-state index contributed by atoms with van der Waals surface area (Å²) >= 11 is 5.72. The fourth-order valence-corrected chi connectivity index (χ4v) is 2.54. The highest BCUT2D eigenvalue weighted by Crippen LogP contribution is 2.24. The monoisotopic (exact) mass is 338 g/mol. The molecule has 0 saturated carbocycles. The Morgan fingerprint density at radius 3 is 2.74 bits per heavy atom. The van der Waals surface area contributed by atoms with Gasteiger partial charge in [-0.05, 0) is 18.2 Å². The molecule has 1 aromatic carbocycles. The van der Waals surface area contributed by atoms with E-state index < -0.39 is 29.5 Å². The van der Waals surface area contributed by atoms with E-state index in [1.807, 2.05) is 0 Å². The molecule has 23 heavy (non-hydrogen) atoms. The summed E-state index contributed by atoms with van der Waals surface area (Å²) in [5, 5.41) is 9.25. The van der Waals surface area contributed by atoms with Crippen molar-refractivity contribution in [3.63, 3.8) is 0 Å². The van der Waals surface area contributed by atoms with Crippen molar-refractivity contribution in [1.29, 1.82) is 0 Å². The van der Waals surface area contributed by atoms with Crippen LogP contribution in [0.1, 0.15) is 10.4 Å². The number of aromatic nitrogens is 2. The number of halogens is 3. The van der Waals surface area contributed by atoms with Crippen LogP contribution in [0.25, 0.3) is 21.9 Å². The average molecular weight is 339 g/mol. The van der Waals surface area contributed by atoms with Gasteiger partial charge in [0.05, 0.1) is 22.5 Å².